The number of ether oxygens (including phenoxy) is 1. The molecule has 0 aliphatic carbocycles. The zero-order chi connectivity index (χ0) is 16.5. The Morgan fingerprint density at radius 1 is 1.45 bits per heavy atom. The maximum atomic E-state index is 12.6. The Kier molecular flexibility index (Phi) is 5.07. The first-order valence-corrected chi connectivity index (χ1v) is 8.02. The minimum Gasteiger partial charge on any atom is -0.447 e. The van der Waals surface area contributed by atoms with Gasteiger partial charge in [0.25, 0.3) is 0 Å². The van der Waals surface area contributed by atoms with E-state index in [0.717, 1.165) is 5.56 Å². The van der Waals surface area contributed by atoms with Gasteiger partial charge >= 0.3 is 6.09 Å². The third kappa shape index (κ3) is 3.58. The molecule has 0 N–H and O–H groups in total. The molecule has 1 saturated heterocycles. The molecule has 0 unspecified atom stereocenters. The number of thiol groups is 1. The summed E-state index contributed by atoms with van der Waals surface area (Å²) in [4.78, 5) is 25.6. The number of amides is 2. The van der Waals surface area contributed by atoms with Crippen molar-refractivity contribution in [3.63, 3.8) is 0 Å². The minimum atomic E-state index is -0.688. The number of hydrogen-bond acceptors (Lipinski definition) is 4. The van der Waals surface area contributed by atoms with Gasteiger partial charge < -0.3 is 4.74 Å². The van der Waals surface area contributed by atoms with Crippen LogP contribution in [0.1, 0.15) is 32.8 Å². The van der Waals surface area contributed by atoms with E-state index in [1.165, 1.54) is 4.90 Å². The molecule has 1 aliphatic heterocycles. The number of benzene rings is 1. The van der Waals surface area contributed by atoms with Crippen LogP contribution in [-0.4, -0.2) is 29.5 Å². The molecule has 1 heterocycles. The van der Waals surface area contributed by atoms with E-state index >= 15 is 0 Å². The molecule has 4 nitrogen and oxygen atoms in total. The van der Waals surface area contributed by atoms with Gasteiger partial charge in [0.15, 0.2) is 0 Å². The van der Waals surface area contributed by atoms with Crippen molar-refractivity contribution in [2.45, 2.75) is 38.0 Å². The van der Waals surface area contributed by atoms with Crippen molar-refractivity contribution in [2.24, 2.45) is 5.92 Å². The lowest BCUT2D eigenvalue weighted by Crippen LogP contribution is -2.43. The first kappa shape index (κ1) is 17.2. The first-order chi connectivity index (χ1) is 10.2. The SMILES string of the molecule is CC(C)[C@H]1COC(=O)N1C(=O)C[C@@](C)(S)c1ccc(Cl)cc1. The molecule has 2 atom stereocenters. The van der Waals surface area contributed by atoms with Gasteiger partial charge in [-0.3, -0.25) is 4.79 Å². The van der Waals surface area contributed by atoms with Crippen molar-refractivity contribution in [2.75, 3.05) is 6.61 Å². The summed E-state index contributed by atoms with van der Waals surface area (Å²) in [7, 11) is 0. The molecule has 120 valence electrons. The fourth-order valence-corrected chi connectivity index (χ4v) is 2.91. The normalized spacial score (nSPS) is 20.9. The summed E-state index contributed by atoms with van der Waals surface area (Å²) < 4.78 is 4.33. The van der Waals surface area contributed by atoms with Gasteiger partial charge in [-0.2, -0.15) is 12.6 Å². The average molecular weight is 342 g/mol. The molecule has 1 aromatic rings. The highest BCUT2D eigenvalue weighted by molar-refractivity contribution is 7.81. The van der Waals surface area contributed by atoms with Crippen LogP contribution in [0.4, 0.5) is 4.79 Å². The molecule has 0 spiro atoms. The Bertz CT molecular complexity index is 571. The maximum absolute atomic E-state index is 12.6. The van der Waals surface area contributed by atoms with E-state index in [0.29, 0.717) is 5.02 Å². The van der Waals surface area contributed by atoms with Crippen LogP contribution in [0.15, 0.2) is 24.3 Å². The molecule has 0 aromatic heterocycles. The molecule has 0 radical (unpaired) electrons. The van der Waals surface area contributed by atoms with E-state index in [1.807, 2.05) is 32.9 Å². The minimum absolute atomic E-state index is 0.107. The third-order valence-electron chi connectivity index (χ3n) is 3.91. The summed E-state index contributed by atoms with van der Waals surface area (Å²) in [5, 5.41) is 0.627. The van der Waals surface area contributed by atoms with Crippen LogP contribution in [0.5, 0.6) is 0 Å². The Hall–Kier alpha value is -1.20. The van der Waals surface area contributed by atoms with E-state index < -0.39 is 10.8 Å². The Balaban J connectivity index is 2.16. The van der Waals surface area contributed by atoms with Crippen molar-refractivity contribution in [1.82, 2.24) is 4.90 Å². The van der Waals surface area contributed by atoms with E-state index in [-0.39, 0.29) is 30.9 Å². The van der Waals surface area contributed by atoms with Gasteiger partial charge in [-0.15, -0.1) is 0 Å². The van der Waals surface area contributed by atoms with Crippen LogP contribution >= 0.6 is 24.2 Å². The Morgan fingerprint density at radius 2 is 2.05 bits per heavy atom. The highest BCUT2D eigenvalue weighted by Gasteiger charge is 2.41. The Labute approximate surface area is 141 Å². The van der Waals surface area contributed by atoms with Crippen LogP contribution in [0.2, 0.25) is 5.02 Å². The van der Waals surface area contributed by atoms with E-state index in [1.54, 1.807) is 12.1 Å². The topological polar surface area (TPSA) is 46.6 Å². The van der Waals surface area contributed by atoms with E-state index in [2.05, 4.69) is 12.6 Å². The monoisotopic (exact) mass is 341 g/mol. The quantitative estimate of drug-likeness (QED) is 0.845. The number of carbonyl (C=O) groups excluding carboxylic acids is 2. The summed E-state index contributed by atoms with van der Waals surface area (Å²) >= 11 is 10.5. The molecule has 0 saturated carbocycles. The van der Waals surface area contributed by atoms with Gasteiger partial charge in [-0.05, 0) is 30.5 Å². The standard InChI is InChI=1S/C16H20ClNO3S/c1-10(2)13-9-21-15(20)18(13)14(19)8-16(3,22)11-4-6-12(17)7-5-11/h4-7,10,13,22H,8-9H2,1-3H3/t13-,16-/m1/s1. The van der Waals surface area contributed by atoms with Gasteiger partial charge in [0, 0.05) is 16.2 Å². The van der Waals surface area contributed by atoms with Crippen molar-refractivity contribution in [1.29, 1.82) is 0 Å². The first-order valence-electron chi connectivity index (χ1n) is 7.19. The van der Waals surface area contributed by atoms with E-state index in [9.17, 15) is 9.59 Å². The average Bonchev–Trinajstić information content (AvgIpc) is 2.81. The van der Waals surface area contributed by atoms with Gasteiger partial charge in [0.1, 0.15) is 6.61 Å². The van der Waals surface area contributed by atoms with Gasteiger partial charge in [-0.25, -0.2) is 9.69 Å². The largest absolute Gasteiger partial charge is 0.447 e. The van der Waals surface area contributed by atoms with Crippen molar-refractivity contribution < 1.29 is 14.3 Å². The summed E-state index contributed by atoms with van der Waals surface area (Å²) in [5.41, 5.74) is 0.877. The second kappa shape index (κ2) is 6.50. The van der Waals surface area contributed by atoms with Crippen LogP contribution in [0.25, 0.3) is 0 Å². The number of rotatable bonds is 4. The number of carbonyl (C=O) groups is 2. The molecule has 22 heavy (non-hydrogen) atoms. The highest BCUT2D eigenvalue weighted by atomic mass is 35.5. The molecule has 1 aromatic carbocycles. The van der Waals surface area contributed by atoms with Crippen molar-refractivity contribution >= 4 is 36.2 Å². The van der Waals surface area contributed by atoms with Crippen molar-refractivity contribution in [3.8, 4) is 0 Å². The fraction of sp³-hybridized carbons (Fsp3) is 0.500. The predicted molar refractivity (Wildman–Crippen MR) is 89.2 cm³/mol. The molecule has 1 fully saturated rings. The number of imide groups is 1. The summed E-state index contributed by atoms with van der Waals surface area (Å²) in [6, 6.07) is 6.98. The second-order valence-corrected chi connectivity index (χ2v) is 7.53. The van der Waals surface area contributed by atoms with E-state index in [4.69, 9.17) is 16.3 Å². The number of cyclic esters (lactones) is 1. The van der Waals surface area contributed by atoms with Crippen LogP contribution in [0.3, 0.4) is 0 Å². The molecular weight excluding hydrogens is 322 g/mol. The molecule has 0 bridgehead atoms. The molecular formula is C16H20ClNO3S. The smallest absolute Gasteiger partial charge is 0.416 e. The fourth-order valence-electron chi connectivity index (χ4n) is 2.50. The van der Waals surface area contributed by atoms with Crippen molar-refractivity contribution in [3.05, 3.63) is 34.9 Å². The van der Waals surface area contributed by atoms with Gasteiger partial charge in [-0.1, -0.05) is 37.6 Å². The molecule has 2 rings (SSSR count). The number of halogens is 1. The molecule has 6 heteroatoms. The van der Waals surface area contributed by atoms with Crippen LogP contribution in [0, 0.1) is 5.92 Å². The zero-order valence-corrected chi connectivity index (χ0v) is 14.5. The lowest BCUT2D eigenvalue weighted by atomic mass is 9.95. The third-order valence-corrected chi connectivity index (χ3v) is 4.57. The Morgan fingerprint density at radius 3 is 2.59 bits per heavy atom. The summed E-state index contributed by atoms with van der Waals surface area (Å²) in [6.45, 7) is 6.04. The number of nitrogens with zero attached hydrogens (tertiary/aromatic N) is 1. The number of hydrogen-bond donors (Lipinski definition) is 1. The molecule has 2 amide bonds. The molecule has 1 aliphatic rings. The maximum Gasteiger partial charge on any atom is 0.416 e. The van der Waals surface area contributed by atoms with Crippen LogP contribution in [-0.2, 0) is 14.3 Å². The zero-order valence-electron chi connectivity index (χ0n) is 12.9. The second-order valence-electron chi connectivity index (χ2n) is 6.11. The summed E-state index contributed by atoms with van der Waals surface area (Å²) in [6.07, 6.45) is -0.459. The van der Waals surface area contributed by atoms with Gasteiger partial charge in [0.05, 0.1) is 6.04 Å². The highest BCUT2D eigenvalue weighted by Crippen LogP contribution is 2.34. The summed E-state index contributed by atoms with van der Waals surface area (Å²) in [5.74, 6) is -0.120. The lowest BCUT2D eigenvalue weighted by Gasteiger charge is -2.28. The lowest BCUT2D eigenvalue weighted by molar-refractivity contribution is -0.130. The predicted octanol–water partition coefficient (Wildman–Crippen LogP) is 3.88. The van der Waals surface area contributed by atoms with Crippen LogP contribution < -0.4 is 0 Å². The van der Waals surface area contributed by atoms with Gasteiger partial charge in [0.2, 0.25) is 5.91 Å².